The molecule has 0 saturated heterocycles. The Balaban J connectivity index is 2.48. The van der Waals surface area contributed by atoms with Crippen LogP contribution in [-0.4, -0.2) is 45.5 Å². The van der Waals surface area contributed by atoms with Gasteiger partial charge in [0, 0.05) is 13.6 Å². The zero-order valence-electron chi connectivity index (χ0n) is 12.9. The maximum Gasteiger partial charge on any atom is 0.313 e. The molecule has 1 heterocycles. The predicted octanol–water partition coefficient (Wildman–Crippen LogP) is 0.785. The second-order valence-electron chi connectivity index (χ2n) is 4.93. The lowest BCUT2D eigenvalue weighted by Gasteiger charge is -2.07. The summed E-state index contributed by atoms with van der Waals surface area (Å²) in [7, 11) is 1.77. The van der Waals surface area contributed by atoms with Crippen LogP contribution in [0.4, 0.5) is 0 Å². The fourth-order valence-corrected chi connectivity index (χ4v) is 2.22. The number of hydrogen-bond acceptors (Lipinski definition) is 6. The van der Waals surface area contributed by atoms with Crippen LogP contribution in [0.15, 0.2) is 5.16 Å². The summed E-state index contributed by atoms with van der Waals surface area (Å²) in [5, 5.41) is 11.4. The molecule has 0 aliphatic heterocycles. The van der Waals surface area contributed by atoms with E-state index in [4.69, 9.17) is 4.74 Å². The van der Waals surface area contributed by atoms with Gasteiger partial charge in [-0.25, -0.2) is 0 Å². The van der Waals surface area contributed by atoms with Crippen LogP contribution in [0, 0.1) is 5.92 Å². The molecular formula is C13H22N4O3S. The summed E-state index contributed by atoms with van der Waals surface area (Å²) in [5.74, 6) is 0.851. The van der Waals surface area contributed by atoms with Crippen LogP contribution in [-0.2, 0) is 27.8 Å². The maximum atomic E-state index is 11.6. The zero-order chi connectivity index (χ0) is 15.8. The third-order valence-corrected chi connectivity index (χ3v) is 3.59. The third kappa shape index (κ3) is 6.16. The predicted molar refractivity (Wildman–Crippen MR) is 79.9 cm³/mol. The lowest BCUT2D eigenvalue weighted by Crippen LogP contribution is -2.28. The number of nitrogens with zero attached hydrogens (tertiary/aromatic N) is 3. The Bertz CT molecular complexity index is 488. The van der Waals surface area contributed by atoms with E-state index in [0.717, 1.165) is 0 Å². The Morgan fingerprint density at radius 2 is 2.10 bits per heavy atom. The highest BCUT2D eigenvalue weighted by atomic mass is 32.2. The van der Waals surface area contributed by atoms with Crippen molar-refractivity contribution in [3.63, 3.8) is 0 Å². The van der Waals surface area contributed by atoms with Crippen molar-refractivity contribution >= 4 is 23.6 Å². The highest BCUT2D eigenvalue weighted by Gasteiger charge is 2.14. The summed E-state index contributed by atoms with van der Waals surface area (Å²) >= 11 is 1.29. The van der Waals surface area contributed by atoms with Crippen LogP contribution < -0.4 is 5.32 Å². The minimum absolute atomic E-state index is 0.0383. The molecule has 0 aliphatic rings. The molecule has 0 spiro atoms. The SMILES string of the molecule is CCOC(=O)Cc1nnc(SCC(=O)NCC(C)C)n1C. The first kappa shape index (κ1) is 17.5. The van der Waals surface area contributed by atoms with Crippen LogP contribution >= 0.6 is 11.8 Å². The Hall–Kier alpha value is -1.57. The molecule has 0 fully saturated rings. The summed E-state index contributed by atoms with van der Waals surface area (Å²) in [6.45, 7) is 6.84. The Labute approximate surface area is 128 Å². The number of nitrogens with one attached hydrogen (secondary N) is 1. The molecule has 7 nitrogen and oxygen atoms in total. The van der Waals surface area contributed by atoms with Gasteiger partial charge in [0.25, 0.3) is 0 Å². The molecule has 0 aromatic carbocycles. The van der Waals surface area contributed by atoms with E-state index in [1.54, 1.807) is 18.5 Å². The molecule has 8 heteroatoms. The normalized spacial score (nSPS) is 10.7. The van der Waals surface area contributed by atoms with Gasteiger partial charge < -0.3 is 14.6 Å². The summed E-state index contributed by atoms with van der Waals surface area (Å²) in [6.07, 6.45) is 0.0808. The van der Waals surface area contributed by atoms with E-state index in [0.29, 0.717) is 30.1 Å². The second-order valence-corrected chi connectivity index (χ2v) is 5.87. The number of hydrogen-bond donors (Lipinski definition) is 1. The van der Waals surface area contributed by atoms with Crippen molar-refractivity contribution in [3.8, 4) is 0 Å². The smallest absolute Gasteiger partial charge is 0.313 e. The average Bonchev–Trinajstić information content (AvgIpc) is 2.75. The number of thioether (sulfide) groups is 1. The summed E-state index contributed by atoms with van der Waals surface area (Å²) in [6, 6.07) is 0. The van der Waals surface area contributed by atoms with Crippen LogP contribution in [0.3, 0.4) is 0 Å². The first-order chi connectivity index (χ1) is 9.93. The van der Waals surface area contributed by atoms with Gasteiger partial charge in [0.05, 0.1) is 12.4 Å². The van der Waals surface area contributed by atoms with E-state index in [1.165, 1.54) is 11.8 Å². The van der Waals surface area contributed by atoms with E-state index >= 15 is 0 Å². The summed E-state index contributed by atoms with van der Waals surface area (Å²) in [4.78, 5) is 23.1. The molecule has 0 unspecified atom stereocenters. The molecule has 118 valence electrons. The molecule has 1 aromatic rings. The van der Waals surface area contributed by atoms with Crippen molar-refractivity contribution in [2.24, 2.45) is 13.0 Å². The largest absolute Gasteiger partial charge is 0.466 e. The van der Waals surface area contributed by atoms with Gasteiger partial charge in [-0.1, -0.05) is 25.6 Å². The highest BCUT2D eigenvalue weighted by Crippen LogP contribution is 2.15. The third-order valence-electron chi connectivity index (χ3n) is 2.57. The standard InChI is InChI=1S/C13H22N4O3S/c1-5-20-12(19)6-10-15-16-13(17(10)4)21-8-11(18)14-7-9(2)3/h9H,5-8H2,1-4H3,(H,14,18). The monoisotopic (exact) mass is 314 g/mol. The van der Waals surface area contributed by atoms with Gasteiger partial charge >= 0.3 is 5.97 Å². The number of ether oxygens (including phenoxy) is 1. The molecule has 1 rings (SSSR count). The van der Waals surface area contributed by atoms with Crippen LogP contribution in [0.1, 0.15) is 26.6 Å². The molecule has 1 aromatic heterocycles. The lowest BCUT2D eigenvalue weighted by atomic mass is 10.2. The highest BCUT2D eigenvalue weighted by molar-refractivity contribution is 7.99. The number of amides is 1. The van der Waals surface area contributed by atoms with Gasteiger partial charge in [0.1, 0.15) is 12.2 Å². The van der Waals surface area contributed by atoms with E-state index in [1.807, 2.05) is 13.8 Å². The first-order valence-corrected chi connectivity index (χ1v) is 7.86. The van der Waals surface area contributed by atoms with Gasteiger partial charge in [-0.2, -0.15) is 0 Å². The molecule has 1 N–H and O–H groups in total. The fourth-order valence-electron chi connectivity index (χ4n) is 1.46. The molecule has 1 amide bonds. The lowest BCUT2D eigenvalue weighted by molar-refractivity contribution is -0.142. The van der Waals surface area contributed by atoms with Crippen LogP contribution in [0.25, 0.3) is 0 Å². The van der Waals surface area contributed by atoms with Crippen molar-refractivity contribution in [1.29, 1.82) is 0 Å². The first-order valence-electron chi connectivity index (χ1n) is 6.87. The van der Waals surface area contributed by atoms with Crippen LogP contribution in [0.2, 0.25) is 0 Å². The second kappa shape index (κ2) is 8.66. The molecule has 0 saturated carbocycles. The Morgan fingerprint density at radius 1 is 1.38 bits per heavy atom. The molecular weight excluding hydrogens is 292 g/mol. The molecule has 0 aliphatic carbocycles. The van der Waals surface area contributed by atoms with Gasteiger partial charge in [0.2, 0.25) is 5.91 Å². The zero-order valence-corrected chi connectivity index (χ0v) is 13.7. The quantitative estimate of drug-likeness (QED) is 0.564. The van der Waals surface area contributed by atoms with E-state index in [-0.39, 0.29) is 24.1 Å². The number of carbonyl (C=O) groups excluding carboxylic acids is 2. The number of esters is 1. The van der Waals surface area contributed by atoms with Gasteiger partial charge in [0.15, 0.2) is 5.16 Å². The van der Waals surface area contributed by atoms with Gasteiger partial charge in [-0.15, -0.1) is 10.2 Å². The van der Waals surface area contributed by atoms with E-state index in [9.17, 15) is 9.59 Å². The fraction of sp³-hybridized carbons (Fsp3) is 0.692. The van der Waals surface area contributed by atoms with Crippen molar-refractivity contribution in [1.82, 2.24) is 20.1 Å². The number of carbonyl (C=O) groups is 2. The van der Waals surface area contributed by atoms with Crippen molar-refractivity contribution in [3.05, 3.63) is 5.82 Å². The Kier molecular flexibility index (Phi) is 7.21. The van der Waals surface area contributed by atoms with Crippen molar-refractivity contribution in [2.75, 3.05) is 18.9 Å². The minimum Gasteiger partial charge on any atom is -0.466 e. The molecule has 0 bridgehead atoms. The summed E-state index contributed by atoms with van der Waals surface area (Å²) < 4.78 is 6.58. The minimum atomic E-state index is -0.334. The topological polar surface area (TPSA) is 86.1 Å². The maximum absolute atomic E-state index is 11.6. The molecule has 0 atom stereocenters. The molecule has 0 radical (unpaired) electrons. The average molecular weight is 314 g/mol. The number of aromatic nitrogens is 3. The Morgan fingerprint density at radius 3 is 2.71 bits per heavy atom. The number of rotatable bonds is 8. The molecule has 21 heavy (non-hydrogen) atoms. The van der Waals surface area contributed by atoms with E-state index in [2.05, 4.69) is 15.5 Å². The van der Waals surface area contributed by atoms with Crippen molar-refractivity contribution in [2.45, 2.75) is 32.3 Å². The van der Waals surface area contributed by atoms with Crippen molar-refractivity contribution < 1.29 is 14.3 Å². The summed E-state index contributed by atoms with van der Waals surface area (Å²) in [5.41, 5.74) is 0. The van der Waals surface area contributed by atoms with Gasteiger partial charge in [-0.3, -0.25) is 9.59 Å². The van der Waals surface area contributed by atoms with E-state index < -0.39 is 0 Å². The van der Waals surface area contributed by atoms with Crippen LogP contribution in [0.5, 0.6) is 0 Å². The van der Waals surface area contributed by atoms with Gasteiger partial charge in [-0.05, 0) is 12.8 Å².